The Hall–Kier alpha value is -1.95. The molecule has 24 heavy (non-hydrogen) atoms. The molecule has 0 radical (unpaired) electrons. The molecule has 2 atom stereocenters. The lowest BCUT2D eigenvalue weighted by Crippen LogP contribution is -2.54. The summed E-state index contributed by atoms with van der Waals surface area (Å²) in [5, 5.41) is 15.1. The molecule has 0 aromatic heterocycles. The number of hydrogen-bond donors (Lipinski definition) is 1. The molecule has 1 saturated heterocycles. The van der Waals surface area contributed by atoms with Crippen LogP contribution in [-0.2, 0) is 10.3 Å². The normalized spacial score (nSPS) is 24.2. The van der Waals surface area contributed by atoms with Crippen LogP contribution >= 0.6 is 11.6 Å². The summed E-state index contributed by atoms with van der Waals surface area (Å²) < 4.78 is 5.33. The van der Waals surface area contributed by atoms with Gasteiger partial charge < -0.3 is 14.7 Å². The van der Waals surface area contributed by atoms with Crippen molar-refractivity contribution in [2.24, 2.45) is 5.11 Å². The van der Waals surface area contributed by atoms with Crippen molar-refractivity contribution in [1.29, 1.82) is 0 Å². The van der Waals surface area contributed by atoms with Gasteiger partial charge in [0.25, 0.3) is 0 Å². The third kappa shape index (κ3) is 3.93. The lowest BCUT2D eigenvalue weighted by atomic mass is 9.79. The first kappa shape index (κ1) is 18.4. The average molecular weight is 353 g/mol. The number of benzene rings is 1. The van der Waals surface area contributed by atoms with Crippen molar-refractivity contribution in [3.63, 3.8) is 0 Å². The first-order valence-electron chi connectivity index (χ1n) is 7.66. The highest BCUT2D eigenvalue weighted by atomic mass is 35.5. The zero-order valence-electron chi connectivity index (χ0n) is 13.9. The quantitative estimate of drug-likeness (QED) is 0.497. The molecular weight excluding hydrogens is 332 g/mol. The molecule has 1 aromatic rings. The second kappa shape index (κ2) is 6.89. The lowest BCUT2D eigenvalue weighted by molar-refractivity contribution is -0.0223. The maximum absolute atomic E-state index is 12.2. The number of likely N-dealkylation sites (tertiary alicyclic amines) is 1. The Balaban J connectivity index is 2.24. The molecule has 8 heteroatoms. The molecule has 1 fully saturated rings. The van der Waals surface area contributed by atoms with Gasteiger partial charge in [-0.3, -0.25) is 0 Å². The van der Waals surface area contributed by atoms with Crippen LogP contribution in [0.2, 0.25) is 5.02 Å². The van der Waals surface area contributed by atoms with Crippen LogP contribution in [0.4, 0.5) is 4.79 Å². The van der Waals surface area contributed by atoms with E-state index in [1.165, 1.54) is 4.90 Å². The third-order valence-electron chi connectivity index (χ3n) is 3.93. The highest BCUT2D eigenvalue weighted by molar-refractivity contribution is 6.30. The molecule has 1 amide bonds. The summed E-state index contributed by atoms with van der Waals surface area (Å²) in [6, 6.07) is 6.81. The predicted octanol–water partition coefficient (Wildman–Crippen LogP) is 3.85. The summed E-state index contributed by atoms with van der Waals surface area (Å²) in [7, 11) is 0. The number of azide groups is 1. The molecular formula is C16H21ClN4O3. The standard InChI is InChI=1S/C16H21ClN4O3/c1-15(2,3)24-14(23)21-9-8-16(19-20-18,13(22)10-21)11-4-6-12(17)7-5-11/h4-7,13,22H,8-10H2,1-3H3. The molecule has 2 rings (SSSR count). The molecule has 2 unspecified atom stereocenters. The van der Waals surface area contributed by atoms with Crippen LogP contribution in [0, 0.1) is 0 Å². The van der Waals surface area contributed by atoms with E-state index in [2.05, 4.69) is 10.0 Å². The second-order valence-corrected chi connectivity index (χ2v) is 7.25. The van der Waals surface area contributed by atoms with Crippen molar-refractivity contribution in [3.05, 3.63) is 45.3 Å². The Labute approximate surface area is 145 Å². The van der Waals surface area contributed by atoms with Crippen molar-refractivity contribution >= 4 is 17.7 Å². The van der Waals surface area contributed by atoms with Crippen LogP contribution in [0.5, 0.6) is 0 Å². The fourth-order valence-corrected chi connectivity index (χ4v) is 2.87. The van der Waals surface area contributed by atoms with Crippen molar-refractivity contribution < 1.29 is 14.6 Å². The van der Waals surface area contributed by atoms with Crippen molar-refractivity contribution in [1.82, 2.24) is 4.90 Å². The van der Waals surface area contributed by atoms with Crippen LogP contribution in [-0.4, -0.2) is 40.9 Å². The first-order valence-corrected chi connectivity index (χ1v) is 8.04. The first-order chi connectivity index (χ1) is 11.2. The minimum Gasteiger partial charge on any atom is -0.444 e. The highest BCUT2D eigenvalue weighted by Crippen LogP contribution is 2.38. The summed E-state index contributed by atoms with van der Waals surface area (Å²) >= 11 is 5.90. The monoisotopic (exact) mass is 352 g/mol. The minimum absolute atomic E-state index is 0.0244. The zero-order chi connectivity index (χ0) is 18.0. The molecule has 1 aliphatic rings. The molecule has 0 aliphatic carbocycles. The van der Waals surface area contributed by atoms with Gasteiger partial charge in [-0.15, -0.1) is 0 Å². The Morgan fingerprint density at radius 2 is 2.08 bits per heavy atom. The van der Waals surface area contributed by atoms with Crippen molar-refractivity contribution in [3.8, 4) is 0 Å². The van der Waals surface area contributed by atoms with Gasteiger partial charge in [-0.2, -0.15) is 0 Å². The van der Waals surface area contributed by atoms with Crippen molar-refractivity contribution in [2.75, 3.05) is 13.1 Å². The number of ether oxygens (including phenoxy) is 1. The van der Waals surface area contributed by atoms with Gasteiger partial charge in [0.2, 0.25) is 0 Å². The van der Waals surface area contributed by atoms with Crippen LogP contribution in [0.3, 0.4) is 0 Å². The summed E-state index contributed by atoms with van der Waals surface area (Å²) in [6.45, 7) is 5.68. The fraction of sp³-hybridized carbons (Fsp3) is 0.562. The number of amides is 1. The largest absolute Gasteiger partial charge is 0.444 e. The SMILES string of the molecule is CC(C)(C)OC(=O)N1CCC(N=[N+]=[N-])(c2ccc(Cl)cc2)C(O)C1. The van der Waals surface area contributed by atoms with E-state index in [4.69, 9.17) is 21.9 Å². The van der Waals surface area contributed by atoms with E-state index in [0.29, 0.717) is 23.6 Å². The third-order valence-corrected chi connectivity index (χ3v) is 4.18. The molecule has 1 aromatic carbocycles. The van der Waals surface area contributed by atoms with E-state index < -0.39 is 23.3 Å². The van der Waals surface area contributed by atoms with E-state index in [9.17, 15) is 9.90 Å². The molecule has 1 aliphatic heterocycles. The van der Waals surface area contributed by atoms with Gasteiger partial charge in [-0.05, 0) is 50.4 Å². The number of rotatable bonds is 2. The Bertz CT molecular complexity index is 652. The van der Waals surface area contributed by atoms with Crippen LogP contribution in [0.15, 0.2) is 29.4 Å². The maximum atomic E-state index is 12.2. The number of halogens is 1. The number of aliphatic hydroxyl groups excluding tert-OH is 1. The Morgan fingerprint density at radius 1 is 1.46 bits per heavy atom. The van der Waals surface area contributed by atoms with Gasteiger partial charge in [-0.1, -0.05) is 28.8 Å². The number of carbonyl (C=O) groups is 1. The number of β-amino-alcohol motifs (C(OH)–C–C–N with tert-alkyl or cyclic N) is 1. The van der Waals surface area contributed by atoms with Gasteiger partial charge in [0, 0.05) is 16.5 Å². The van der Waals surface area contributed by atoms with Gasteiger partial charge in [0.15, 0.2) is 0 Å². The van der Waals surface area contributed by atoms with Gasteiger partial charge in [0.1, 0.15) is 11.1 Å². The van der Waals surface area contributed by atoms with Gasteiger partial charge in [-0.25, -0.2) is 4.79 Å². The number of hydrogen-bond acceptors (Lipinski definition) is 4. The van der Waals surface area contributed by atoms with Crippen LogP contribution < -0.4 is 0 Å². The van der Waals surface area contributed by atoms with E-state index >= 15 is 0 Å². The Kier molecular flexibility index (Phi) is 5.28. The zero-order valence-corrected chi connectivity index (χ0v) is 14.7. The molecule has 1 heterocycles. The lowest BCUT2D eigenvalue weighted by Gasteiger charge is -2.43. The second-order valence-electron chi connectivity index (χ2n) is 6.81. The summed E-state index contributed by atoms with van der Waals surface area (Å²) in [6.07, 6.45) is -1.25. The van der Waals surface area contributed by atoms with Gasteiger partial charge >= 0.3 is 6.09 Å². The number of nitrogens with zero attached hydrogens (tertiary/aromatic N) is 4. The molecule has 7 nitrogen and oxygen atoms in total. The average Bonchev–Trinajstić information content (AvgIpc) is 2.48. The number of carbonyl (C=O) groups excluding carboxylic acids is 1. The number of aliphatic hydroxyl groups is 1. The molecule has 0 saturated carbocycles. The summed E-state index contributed by atoms with van der Waals surface area (Å²) in [5.74, 6) is 0. The van der Waals surface area contributed by atoms with E-state index in [0.717, 1.165) is 0 Å². The maximum Gasteiger partial charge on any atom is 0.410 e. The topological polar surface area (TPSA) is 98.5 Å². The van der Waals surface area contributed by atoms with Crippen LogP contribution in [0.1, 0.15) is 32.8 Å². The molecule has 1 N–H and O–H groups in total. The molecule has 0 spiro atoms. The Morgan fingerprint density at radius 3 is 2.58 bits per heavy atom. The van der Waals surface area contributed by atoms with Crippen LogP contribution in [0.25, 0.3) is 10.4 Å². The molecule has 130 valence electrons. The summed E-state index contributed by atoms with van der Waals surface area (Å²) in [4.78, 5) is 16.5. The van der Waals surface area contributed by atoms with Crippen molar-refractivity contribution in [2.45, 2.75) is 44.4 Å². The summed E-state index contributed by atoms with van der Waals surface area (Å²) in [5.41, 5.74) is 7.89. The van der Waals surface area contributed by atoms with E-state index in [-0.39, 0.29) is 6.54 Å². The smallest absolute Gasteiger partial charge is 0.410 e. The predicted molar refractivity (Wildman–Crippen MR) is 90.7 cm³/mol. The van der Waals surface area contributed by atoms with E-state index in [1.807, 2.05) is 0 Å². The number of piperidine rings is 1. The van der Waals surface area contributed by atoms with Gasteiger partial charge in [0.05, 0.1) is 12.6 Å². The molecule has 0 bridgehead atoms. The minimum atomic E-state index is -1.13. The van der Waals surface area contributed by atoms with E-state index in [1.54, 1.807) is 45.0 Å². The fourth-order valence-electron chi connectivity index (χ4n) is 2.74. The highest BCUT2D eigenvalue weighted by Gasteiger charge is 2.45.